The van der Waals surface area contributed by atoms with Gasteiger partial charge in [-0.05, 0) is 57.7 Å². The molecule has 0 bridgehead atoms. The van der Waals surface area contributed by atoms with Crippen molar-refractivity contribution in [3.05, 3.63) is 0 Å². The van der Waals surface area contributed by atoms with Gasteiger partial charge in [-0.2, -0.15) is 0 Å². The number of nitrogens with two attached hydrogens (primary N) is 1. The Bertz CT molecular complexity index is 308. The van der Waals surface area contributed by atoms with Crippen LogP contribution in [0.15, 0.2) is 0 Å². The van der Waals surface area contributed by atoms with E-state index in [0.29, 0.717) is 26.1 Å². The fourth-order valence-corrected chi connectivity index (χ4v) is 2.93. The number of nitrogens with one attached hydrogen (secondary N) is 1. The molecule has 0 aromatic heterocycles. The smallest absolute Gasteiger partial charge is 0.240 e. The second-order valence-electron chi connectivity index (χ2n) is 6.40. The van der Waals surface area contributed by atoms with Crippen LogP contribution in [0.1, 0.15) is 39.0 Å². The van der Waals surface area contributed by atoms with Crippen molar-refractivity contribution in [2.75, 3.05) is 39.4 Å². The summed E-state index contributed by atoms with van der Waals surface area (Å²) in [5, 5.41) is 3.00. The summed E-state index contributed by atoms with van der Waals surface area (Å²) in [6.07, 6.45) is 4.87. The Kier molecular flexibility index (Phi) is 5.81. The molecule has 116 valence electrons. The lowest BCUT2D eigenvalue weighted by molar-refractivity contribution is -0.129. The van der Waals surface area contributed by atoms with E-state index in [0.717, 1.165) is 25.4 Å². The molecule has 0 unspecified atom stereocenters. The Balaban J connectivity index is 1.59. The van der Waals surface area contributed by atoms with Crippen LogP contribution in [-0.2, 0) is 9.53 Å². The number of hydrogen-bond donors (Lipinski definition) is 2. The van der Waals surface area contributed by atoms with Gasteiger partial charge in [0.2, 0.25) is 5.91 Å². The summed E-state index contributed by atoms with van der Waals surface area (Å²) >= 11 is 0. The normalized spacial score (nSPS) is 24.5. The molecule has 1 amide bonds. The Morgan fingerprint density at radius 1 is 1.35 bits per heavy atom. The summed E-state index contributed by atoms with van der Waals surface area (Å²) in [6.45, 7) is 7.72. The molecule has 3 N–H and O–H groups in total. The van der Waals surface area contributed by atoms with Gasteiger partial charge in [0.15, 0.2) is 0 Å². The third-order valence-corrected chi connectivity index (χ3v) is 4.65. The molecule has 2 saturated heterocycles. The molecule has 2 heterocycles. The lowest BCUT2D eigenvalue weighted by Gasteiger charge is -2.32. The summed E-state index contributed by atoms with van der Waals surface area (Å²) in [4.78, 5) is 14.6. The molecule has 2 aliphatic heterocycles. The zero-order valence-corrected chi connectivity index (χ0v) is 12.7. The lowest BCUT2D eigenvalue weighted by Crippen LogP contribution is -2.57. The minimum atomic E-state index is -0.710. The Labute approximate surface area is 122 Å². The number of rotatable bonds is 5. The van der Waals surface area contributed by atoms with E-state index < -0.39 is 5.54 Å². The predicted molar refractivity (Wildman–Crippen MR) is 79.4 cm³/mol. The van der Waals surface area contributed by atoms with Gasteiger partial charge in [0.25, 0.3) is 0 Å². The van der Waals surface area contributed by atoms with Crippen LogP contribution < -0.4 is 11.1 Å². The number of likely N-dealkylation sites (tertiary alicyclic amines) is 1. The van der Waals surface area contributed by atoms with Gasteiger partial charge in [0, 0.05) is 19.8 Å². The minimum Gasteiger partial charge on any atom is -0.381 e. The zero-order chi connectivity index (χ0) is 14.4. The lowest BCUT2D eigenvalue weighted by atomic mass is 9.90. The monoisotopic (exact) mass is 283 g/mol. The Hall–Kier alpha value is -0.650. The second-order valence-corrected chi connectivity index (χ2v) is 6.40. The predicted octanol–water partition coefficient (Wildman–Crippen LogP) is 0.733. The standard InChI is InChI=1S/C15H29N3O2/c1-13-3-9-18(10-4-13)8-2-7-17-14(19)15(16)5-11-20-12-6-15/h13H,2-12,16H2,1H3,(H,17,19). The van der Waals surface area contributed by atoms with Gasteiger partial charge in [0.1, 0.15) is 0 Å². The SMILES string of the molecule is CC1CCN(CCCNC(=O)C2(N)CCOCC2)CC1. The van der Waals surface area contributed by atoms with Gasteiger partial charge in [-0.1, -0.05) is 6.92 Å². The summed E-state index contributed by atoms with van der Waals surface area (Å²) in [6, 6.07) is 0. The van der Waals surface area contributed by atoms with Crippen LogP contribution in [0.4, 0.5) is 0 Å². The third kappa shape index (κ3) is 4.43. The first-order valence-electron chi connectivity index (χ1n) is 7.97. The number of amides is 1. The van der Waals surface area contributed by atoms with Crippen LogP contribution in [0.3, 0.4) is 0 Å². The van der Waals surface area contributed by atoms with E-state index in [1.54, 1.807) is 0 Å². The van der Waals surface area contributed by atoms with E-state index in [1.165, 1.54) is 25.9 Å². The third-order valence-electron chi connectivity index (χ3n) is 4.65. The van der Waals surface area contributed by atoms with E-state index in [9.17, 15) is 4.79 Å². The van der Waals surface area contributed by atoms with Gasteiger partial charge in [-0.3, -0.25) is 4.79 Å². The van der Waals surface area contributed by atoms with E-state index in [1.807, 2.05) is 0 Å². The molecule has 5 heteroatoms. The minimum absolute atomic E-state index is 0.00642. The van der Waals surface area contributed by atoms with E-state index in [2.05, 4.69) is 17.1 Å². The average Bonchev–Trinajstić information content (AvgIpc) is 2.46. The van der Waals surface area contributed by atoms with E-state index in [4.69, 9.17) is 10.5 Å². The summed E-state index contributed by atoms with van der Waals surface area (Å²) in [5.74, 6) is 0.865. The molecular formula is C15H29N3O2. The van der Waals surface area contributed by atoms with Crippen LogP contribution in [0.5, 0.6) is 0 Å². The number of carbonyl (C=O) groups excluding carboxylic acids is 1. The Morgan fingerprint density at radius 2 is 2.00 bits per heavy atom. The first-order valence-corrected chi connectivity index (χ1v) is 7.97. The summed E-state index contributed by atoms with van der Waals surface area (Å²) in [5.41, 5.74) is 5.43. The number of hydrogen-bond acceptors (Lipinski definition) is 4. The van der Waals surface area contributed by atoms with Crippen molar-refractivity contribution in [3.63, 3.8) is 0 Å². The Morgan fingerprint density at radius 3 is 2.65 bits per heavy atom. The zero-order valence-electron chi connectivity index (χ0n) is 12.7. The maximum Gasteiger partial charge on any atom is 0.240 e. The van der Waals surface area contributed by atoms with Crippen molar-refractivity contribution in [3.8, 4) is 0 Å². The van der Waals surface area contributed by atoms with Crippen molar-refractivity contribution in [2.45, 2.75) is 44.6 Å². The van der Waals surface area contributed by atoms with Gasteiger partial charge < -0.3 is 20.7 Å². The maximum atomic E-state index is 12.1. The average molecular weight is 283 g/mol. The molecule has 2 rings (SSSR count). The summed E-state index contributed by atoms with van der Waals surface area (Å²) < 4.78 is 5.26. The molecule has 20 heavy (non-hydrogen) atoms. The van der Waals surface area contributed by atoms with E-state index >= 15 is 0 Å². The van der Waals surface area contributed by atoms with Crippen molar-refractivity contribution in [2.24, 2.45) is 11.7 Å². The quantitative estimate of drug-likeness (QED) is 0.730. The molecule has 2 fully saturated rings. The van der Waals surface area contributed by atoms with Crippen LogP contribution in [-0.4, -0.2) is 55.7 Å². The van der Waals surface area contributed by atoms with Gasteiger partial charge in [-0.25, -0.2) is 0 Å². The molecular weight excluding hydrogens is 254 g/mol. The fourth-order valence-electron chi connectivity index (χ4n) is 2.93. The van der Waals surface area contributed by atoms with Crippen LogP contribution in [0, 0.1) is 5.92 Å². The number of piperidine rings is 1. The van der Waals surface area contributed by atoms with Gasteiger partial charge >= 0.3 is 0 Å². The second kappa shape index (κ2) is 7.38. The molecule has 0 saturated carbocycles. The molecule has 5 nitrogen and oxygen atoms in total. The maximum absolute atomic E-state index is 12.1. The van der Waals surface area contributed by atoms with Crippen molar-refractivity contribution in [1.82, 2.24) is 10.2 Å². The molecule has 0 spiro atoms. The highest BCUT2D eigenvalue weighted by Crippen LogP contribution is 2.18. The number of nitrogens with zero attached hydrogens (tertiary/aromatic N) is 1. The van der Waals surface area contributed by atoms with Crippen molar-refractivity contribution < 1.29 is 9.53 Å². The molecule has 0 aliphatic carbocycles. The van der Waals surface area contributed by atoms with Crippen molar-refractivity contribution >= 4 is 5.91 Å². The first kappa shape index (κ1) is 15.7. The highest BCUT2D eigenvalue weighted by atomic mass is 16.5. The van der Waals surface area contributed by atoms with Gasteiger partial charge in [0.05, 0.1) is 5.54 Å². The largest absolute Gasteiger partial charge is 0.381 e. The van der Waals surface area contributed by atoms with Crippen molar-refractivity contribution in [1.29, 1.82) is 0 Å². The molecule has 2 aliphatic rings. The molecule has 0 atom stereocenters. The highest BCUT2D eigenvalue weighted by molar-refractivity contribution is 5.86. The topological polar surface area (TPSA) is 67.6 Å². The molecule has 0 radical (unpaired) electrons. The number of carbonyl (C=O) groups is 1. The fraction of sp³-hybridized carbons (Fsp3) is 0.933. The van der Waals surface area contributed by atoms with Crippen LogP contribution in [0.2, 0.25) is 0 Å². The van der Waals surface area contributed by atoms with Crippen LogP contribution >= 0.6 is 0 Å². The number of ether oxygens (including phenoxy) is 1. The van der Waals surface area contributed by atoms with E-state index in [-0.39, 0.29) is 5.91 Å². The first-order chi connectivity index (χ1) is 9.60. The highest BCUT2D eigenvalue weighted by Gasteiger charge is 2.35. The van der Waals surface area contributed by atoms with Gasteiger partial charge in [-0.15, -0.1) is 0 Å². The van der Waals surface area contributed by atoms with Crippen LogP contribution in [0.25, 0.3) is 0 Å². The molecule has 0 aromatic rings. The molecule has 0 aromatic carbocycles. The summed E-state index contributed by atoms with van der Waals surface area (Å²) in [7, 11) is 0.